The van der Waals surface area contributed by atoms with Crippen molar-refractivity contribution < 1.29 is 4.74 Å². The van der Waals surface area contributed by atoms with Crippen molar-refractivity contribution in [2.45, 2.75) is 30.2 Å². The molecule has 1 aliphatic heterocycles. The van der Waals surface area contributed by atoms with Gasteiger partial charge in [0, 0.05) is 29.9 Å². The van der Waals surface area contributed by atoms with E-state index in [0.717, 1.165) is 31.3 Å². The largest absolute Gasteiger partial charge is 0.381 e. The molecule has 0 bridgehead atoms. The Kier molecular flexibility index (Phi) is 5.36. The van der Waals surface area contributed by atoms with E-state index in [2.05, 4.69) is 24.3 Å². The van der Waals surface area contributed by atoms with E-state index in [9.17, 15) is 0 Å². The molecule has 0 aliphatic carbocycles. The summed E-state index contributed by atoms with van der Waals surface area (Å²) in [5.74, 6) is 1.79. The minimum absolute atomic E-state index is 0.309. The maximum absolute atomic E-state index is 6.19. The summed E-state index contributed by atoms with van der Waals surface area (Å²) in [6.45, 7) is 1.84. The molecule has 1 heterocycles. The van der Waals surface area contributed by atoms with Crippen molar-refractivity contribution in [2.75, 3.05) is 19.0 Å². The maximum atomic E-state index is 6.19. The Morgan fingerprint density at radius 3 is 2.65 bits per heavy atom. The highest BCUT2D eigenvalue weighted by atomic mass is 32.2. The monoisotopic (exact) mass is 251 g/mol. The van der Waals surface area contributed by atoms with Crippen LogP contribution in [0.5, 0.6) is 0 Å². The zero-order valence-corrected chi connectivity index (χ0v) is 11.0. The van der Waals surface area contributed by atoms with Crippen LogP contribution in [0, 0.1) is 5.92 Å². The van der Waals surface area contributed by atoms with Crippen molar-refractivity contribution in [3.8, 4) is 0 Å². The van der Waals surface area contributed by atoms with Gasteiger partial charge in [-0.25, -0.2) is 0 Å². The van der Waals surface area contributed by atoms with Crippen molar-refractivity contribution in [2.24, 2.45) is 11.7 Å². The van der Waals surface area contributed by atoms with Crippen LogP contribution >= 0.6 is 11.8 Å². The van der Waals surface area contributed by atoms with Crippen molar-refractivity contribution >= 4 is 11.8 Å². The first-order chi connectivity index (χ1) is 8.34. The van der Waals surface area contributed by atoms with Crippen LogP contribution in [0.1, 0.15) is 19.3 Å². The summed E-state index contributed by atoms with van der Waals surface area (Å²) in [5, 5.41) is 0. The fourth-order valence-electron chi connectivity index (χ4n) is 2.20. The number of nitrogens with two attached hydrogens (primary N) is 1. The first-order valence-corrected chi connectivity index (χ1v) is 7.34. The van der Waals surface area contributed by atoms with E-state index in [1.807, 2.05) is 17.8 Å². The fourth-order valence-corrected chi connectivity index (χ4v) is 3.09. The molecule has 0 saturated carbocycles. The normalized spacial score (nSPS) is 19.1. The molecule has 1 aromatic rings. The first kappa shape index (κ1) is 12.9. The molecule has 0 radical (unpaired) electrons. The Morgan fingerprint density at radius 2 is 1.94 bits per heavy atom. The Morgan fingerprint density at radius 1 is 1.24 bits per heavy atom. The molecule has 0 amide bonds. The van der Waals surface area contributed by atoms with Gasteiger partial charge in [-0.15, -0.1) is 11.8 Å². The summed E-state index contributed by atoms with van der Waals surface area (Å²) in [7, 11) is 0. The molecule has 2 N–H and O–H groups in total. The third-order valence-corrected chi connectivity index (χ3v) is 4.38. The minimum Gasteiger partial charge on any atom is -0.381 e. The van der Waals surface area contributed by atoms with Crippen LogP contribution in [0.3, 0.4) is 0 Å². The molecule has 94 valence electrons. The van der Waals surface area contributed by atoms with E-state index in [-0.39, 0.29) is 0 Å². The maximum Gasteiger partial charge on any atom is 0.0468 e. The van der Waals surface area contributed by atoms with Crippen LogP contribution in [0.15, 0.2) is 35.2 Å². The second-order valence-corrected chi connectivity index (χ2v) is 5.77. The summed E-state index contributed by atoms with van der Waals surface area (Å²) in [5.41, 5.74) is 6.19. The lowest BCUT2D eigenvalue weighted by Gasteiger charge is -2.24. The molecule has 2 rings (SSSR count). The van der Waals surface area contributed by atoms with Gasteiger partial charge in [-0.05, 0) is 37.3 Å². The zero-order valence-electron chi connectivity index (χ0n) is 10.2. The molecule has 1 fully saturated rings. The number of rotatable bonds is 5. The summed E-state index contributed by atoms with van der Waals surface area (Å²) < 4.78 is 5.36. The van der Waals surface area contributed by atoms with Gasteiger partial charge < -0.3 is 10.5 Å². The van der Waals surface area contributed by atoms with Crippen molar-refractivity contribution in [3.63, 3.8) is 0 Å². The van der Waals surface area contributed by atoms with Gasteiger partial charge in [-0.3, -0.25) is 0 Å². The van der Waals surface area contributed by atoms with Gasteiger partial charge in [0.25, 0.3) is 0 Å². The Balaban J connectivity index is 1.68. The Hall–Kier alpha value is -0.510. The average Bonchev–Trinajstić information content (AvgIpc) is 2.39. The molecule has 1 aliphatic rings. The highest BCUT2D eigenvalue weighted by Gasteiger charge is 2.17. The van der Waals surface area contributed by atoms with Gasteiger partial charge in [0.15, 0.2) is 0 Å². The van der Waals surface area contributed by atoms with Gasteiger partial charge in [-0.1, -0.05) is 18.2 Å². The van der Waals surface area contributed by atoms with Crippen LogP contribution in [-0.2, 0) is 4.74 Å². The molecule has 0 aromatic heterocycles. The summed E-state index contributed by atoms with van der Waals surface area (Å²) in [6, 6.07) is 10.8. The molecule has 17 heavy (non-hydrogen) atoms. The summed E-state index contributed by atoms with van der Waals surface area (Å²) in [6.07, 6.45) is 3.51. The molecule has 1 unspecified atom stereocenters. The van der Waals surface area contributed by atoms with Gasteiger partial charge in [0.1, 0.15) is 0 Å². The lowest BCUT2D eigenvalue weighted by Crippen LogP contribution is -2.28. The number of hydrogen-bond acceptors (Lipinski definition) is 3. The Labute approximate surface area is 108 Å². The molecule has 1 atom stereocenters. The number of thioether (sulfide) groups is 1. The van der Waals surface area contributed by atoms with Gasteiger partial charge in [0.2, 0.25) is 0 Å². The highest BCUT2D eigenvalue weighted by Crippen LogP contribution is 2.23. The highest BCUT2D eigenvalue weighted by molar-refractivity contribution is 7.99. The van der Waals surface area contributed by atoms with Crippen molar-refractivity contribution in [3.05, 3.63) is 30.3 Å². The van der Waals surface area contributed by atoms with E-state index >= 15 is 0 Å². The predicted octanol–water partition coefficient (Wildman–Crippen LogP) is 2.92. The molecular weight excluding hydrogens is 230 g/mol. The third-order valence-electron chi connectivity index (χ3n) is 3.18. The smallest absolute Gasteiger partial charge is 0.0468 e. The van der Waals surface area contributed by atoms with Crippen LogP contribution in [0.2, 0.25) is 0 Å². The van der Waals surface area contributed by atoms with E-state index in [1.54, 1.807) is 0 Å². The van der Waals surface area contributed by atoms with E-state index in [0.29, 0.717) is 6.04 Å². The van der Waals surface area contributed by atoms with Crippen molar-refractivity contribution in [1.29, 1.82) is 0 Å². The average molecular weight is 251 g/mol. The lowest BCUT2D eigenvalue weighted by atomic mass is 9.93. The minimum atomic E-state index is 0.309. The van der Waals surface area contributed by atoms with Gasteiger partial charge in [-0.2, -0.15) is 0 Å². The summed E-state index contributed by atoms with van der Waals surface area (Å²) in [4.78, 5) is 1.31. The second-order valence-electron chi connectivity index (χ2n) is 4.68. The standard InChI is InChI=1S/C14H21NOS/c15-13(10-12-6-8-16-9-7-12)11-17-14-4-2-1-3-5-14/h1-5,12-13H,6-11,15H2. The van der Waals surface area contributed by atoms with Crippen molar-refractivity contribution in [1.82, 2.24) is 0 Å². The molecule has 2 nitrogen and oxygen atoms in total. The van der Waals surface area contributed by atoms with E-state index in [4.69, 9.17) is 10.5 Å². The molecule has 1 aromatic carbocycles. The summed E-state index contributed by atoms with van der Waals surface area (Å²) >= 11 is 1.86. The van der Waals surface area contributed by atoms with E-state index < -0.39 is 0 Å². The van der Waals surface area contributed by atoms with Crippen LogP contribution in [0.25, 0.3) is 0 Å². The fraction of sp³-hybridized carbons (Fsp3) is 0.571. The zero-order chi connectivity index (χ0) is 11.9. The SMILES string of the molecule is NC(CSc1ccccc1)CC1CCOCC1. The third kappa shape index (κ3) is 4.70. The molecule has 3 heteroatoms. The van der Waals surface area contributed by atoms with Gasteiger partial charge >= 0.3 is 0 Å². The quantitative estimate of drug-likeness (QED) is 0.817. The second kappa shape index (κ2) is 7.04. The van der Waals surface area contributed by atoms with Crippen LogP contribution in [0.4, 0.5) is 0 Å². The topological polar surface area (TPSA) is 35.2 Å². The molecule has 0 spiro atoms. The number of benzene rings is 1. The lowest BCUT2D eigenvalue weighted by molar-refractivity contribution is 0.0625. The van der Waals surface area contributed by atoms with Crippen LogP contribution < -0.4 is 5.73 Å². The predicted molar refractivity (Wildman–Crippen MR) is 73.3 cm³/mol. The first-order valence-electron chi connectivity index (χ1n) is 6.36. The van der Waals surface area contributed by atoms with Crippen LogP contribution in [-0.4, -0.2) is 25.0 Å². The molecule has 1 saturated heterocycles. The molecular formula is C14H21NOS. The number of ether oxygens (including phenoxy) is 1. The number of hydrogen-bond donors (Lipinski definition) is 1. The van der Waals surface area contributed by atoms with E-state index in [1.165, 1.54) is 17.7 Å². The van der Waals surface area contributed by atoms with Gasteiger partial charge in [0.05, 0.1) is 0 Å². The Bertz CT molecular complexity index is 311.